The lowest BCUT2D eigenvalue weighted by Crippen LogP contribution is -2.22. The maximum Gasteiger partial charge on any atom is 0.150 e. The molecule has 0 saturated carbocycles. The quantitative estimate of drug-likeness (QED) is 0.837. The van der Waals surface area contributed by atoms with E-state index >= 15 is 0 Å². The Morgan fingerprint density at radius 3 is 2.80 bits per heavy atom. The molecule has 106 valence electrons. The fourth-order valence-corrected chi connectivity index (χ4v) is 2.40. The summed E-state index contributed by atoms with van der Waals surface area (Å²) in [5.74, 6) is 1.46. The van der Waals surface area contributed by atoms with Crippen molar-refractivity contribution in [1.82, 2.24) is 10.3 Å². The van der Waals surface area contributed by atoms with Gasteiger partial charge in [-0.3, -0.25) is 4.98 Å². The number of rotatable bonds is 5. The van der Waals surface area contributed by atoms with Crippen LogP contribution < -0.4 is 10.1 Å². The zero-order valence-corrected chi connectivity index (χ0v) is 13.7. The van der Waals surface area contributed by atoms with Crippen molar-refractivity contribution in [3.05, 3.63) is 51.7 Å². The van der Waals surface area contributed by atoms with Crippen LogP contribution in [-0.4, -0.2) is 11.0 Å². The van der Waals surface area contributed by atoms with Crippen LogP contribution in [0.15, 0.2) is 41.1 Å². The second-order valence-corrected chi connectivity index (χ2v) is 5.99. The van der Waals surface area contributed by atoms with Crippen LogP contribution >= 0.6 is 27.5 Å². The highest BCUT2D eigenvalue weighted by atomic mass is 79.9. The molecule has 0 spiro atoms. The lowest BCUT2D eigenvalue weighted by Gasteiger charge is -2.13. The summed E-state index contributed by atoms with van der Waals surface area (Å²) in [6, 6.07) is 7.80. The fourth-order valence-electron chi connectivity index (χ4n) is 1.64. The van der Waals surface area contributed by atoms with Crippen LogP contribution in [0.5, 0.6) is 11.5 Å². The van der Waals surface area contributed by atoms with Gasteiger partial charge in [0, 0.05) is 29.4 Å². The molecule has 1 aromatic heterocycles. The summed E-state index contributed by atoms with van der Waals surface area (Å²) in [6.45, 7) is 4.95. The molecule has 5 heteroatoms. The van der Waals surface area contributed by atoms with E-state index in [0.717, 1.165) is 22.3 Å². The first kappa shape index (κ1) is 15.3. The van der Waals surface area contributed by atoms with Gasteiger partial charge in [0.15, 0.2) is 0 Å². The maximum atomic E-state index is 5.93. The third kappa shape index (κ3) is 4.20. The number of pyridine rings is 1. The topological polar surface area (TPSA) is 34.2 Å². The average Bonchev–Trinajstić information content (AvgIpc) is 2.41. The van der Waals surface area contributed by atoms with Crippen molar-refractivity contribution in [2.75, 3.05) is 0 Å². The molecule has 20 heavy (non-hydrogen) atoms. The molecule has 1 heterocycles. The summed E-state index contributed by atoms with van der Waals surface area (Å²) < 4.78 is 6.74. The van der Waals surface area contributed by atoms with Crippen LogP contribution in [-0.2, 0) is 6.54 Å². The molecule has 0 aliphatic rings. The Balaban J connectivity index is 2.20. The van der Waals surface area contributed by atoms with Crippen molar-refractivity contribution in [2.45, 2.75) is 26.4 Å². The van der Waals surface area contributed by atoms with E-state index in [2.05, 4.69) is 40.1 Å². The Kier molecular flexibility index (Phi) is 5.40. The van der Waals surface area contributed by atoms with E-state index in [4.69, 9.17) is 16.3 Å². The second kappa shape index (κ2) is 7.07. The Hall–Kier alpha value is -1.10. The zero-order valence-electron chi connectivity index (χ0n) is 11.4. The van der Waals surface area contributed by atoms with Gasteiger partial charge in [-0.05, 0) is 40.2 Å². The van der Waals surface area contributed by atoms with Crippen molar-refractivity contribution in [1.29, 1.82) is 0 Å². The van der Waals surface area contributed by atoms with Crippen LogP contribution in [0.25, 0.3) is 0 Å². The molecule has 2 rings (SSSR count). The van der Waals surface area contributed by atoms with Gasteiger partial charge < -0.3 is 10.1 Å². The minimum absolute atomic E-state index is 0.415. The Labute approximate surface area is 132 Å². The molecule has 0 saturated heterocycles. The van der Waals surface area contributed by atoms with Gasteiger partial charge >= 0.3 is 0 Å². The standard InChI is InChI=1S/C15H16BrClN2O/c1-10(2)19-8-11-5-6-18-9-15(11)20-14-4-3-12(17)7-13(14)16/h3-7,9-10,19H,8H2,1-2H3. The molecule has 3 nitrogen and oxygen atoms in total. The summed E-state index contributed by atoms with van der Waals surface area (Å²) in [5, 5.41) is 4.04. The molecule has 1 N–H and O–H groups in total. The predicted octanol–water partition coefficient (Wildman–Crippen LogP) is 4.79. The Morgan fingerprint density at radius 1 is 1.30 bits per heavy atom. The summed E-state index contributed by atoms with van der Waals surface area (Å²) in [5.41, 5.74) is 1.07. The first-order chi connectivity index (χ1) is 9.56. The molecule has 0 aliphatic carbocycles. The summed E-state index contributed by atoms with van der Waals surface area (Å²) in [7, 11) is 0. The fraction of sp³-hybridized carbons (Fsp3) is 0.267. The molecule has 0 bridgehead atoms. The zero-order chi connectivity index (χ0) is 14.5. The summed E-state index contributed by atoms with van der Waals surface area (Å²) >= 11 is 9.37. The Morgan fingerprint density at radius 2 is 2.10 bits per heavy atom. The van der Waals surface area contributed by atoms with Crippen molar-refractivity contribution in [2.24, 2.45) is 0 Å². The predicted molar refractivity (Wildman–Crippen MR) is 85.4 cm³/mol. The van der Waals surface area contributed by atoms with Crippen LogP contribution in [0.4, 0.5) is 0 Å². The van der Waals surface area contributed by atoms with E-state index in [1.54, 1.807) is 24.5 Å². The number of nitrogens with one attached hydrogen (secondary N) is 1. The van der Waals surface area contributed by atoms with Gasteiger partial charge in [0.05, 0.1) is 10.7 Å². The van der Waals surface area contributed by atoms with Crippen molar-refractivity contribution in [3.8, 4) is 11.5 Å². The minimum Gasteiger partial charge on any atom is -0.454 e. The molecule has 0 aliphatic heterocycles. The molecular formula is C15H16BrClN2O. The summed E-state index contributed by atoms with van der Waals surface area (Å²) in [6.07, 6.45) is 3.49. The van der Waals surface area contributed by atoms with Crippen LogP contribution in [0.1, 0.15) is 19.4 Å². The van der Waals surface area contributed by atoms with E-state index in [9.17, 15) is 0 Å². The molecule has 0 amide bonds. The highest BCUT2D eigenvalue weighted by Crippen LogP contribution is 2.32. The smallest absolute Gasteiger partial charge is 0.150 e. The average molecular weight is 356 g/mol. The van der Waals surface area contributed by atoms with Gasteiger partial charge in [-0.1, -0.05) is 25.4 Å². The van der Waals surface area contributed by atoms with Crippen molar-refractivity contribution >= 4 is 27.5 Å². The van der Waals surface area contributed by atoms with Crippen LogP contribution in [0.2, 0.25) is 5.02 Å². The van der Waals surface area contributed by atoms with Crippen molar-refractivity contribution in [3.63, 3.8) is 0 Å². The van der Waals surface area contributed by atoms with E-state index < -0.39 is 0 Å². The lowest BCUT2D eigenvalue weighted by molar-refractivity contribution is 0.464. The third-order valence-electron chi connectivity index (χ3n) is 2.68. The van der Waals surface area contributed by atoms with Gasteiger partial charge in [-0.15, -0.1) is 0 Å². The van der Waals surface area contributed by atoms with Gasteiger partial charge in [-0.2, -0.15) is 0 Å². The van der Waals surface area contributed by atoms with E-state index in [1.807, 2.05) is 12.1 Å². The molecule has 1 aromatic carbocycles. The van der Waals surface area contributed by atoms with E-state index in [0.29, 0.717) is 16.8 Å². The molecule has 2 aromatic rings. The molecule has 0 radical (unpaired) electrons. The van der Waals surface area contributed by atoms with E-state index in [1.165, 1.54) is 0 Å². The normalized spacial score (nSPS) is 10.8. The molecule has 0 unspecified atom stereocenters. The Bertz CT molecular complexity index is 590. The first-order valence-electron chi connectivity index (χ1n) is 6.35. The van der Waals surface area contributed by atoms with Crippen molar-refractivity contribution < 1.29 is 4.74 Å². The van der Waals surface area contributed by atoms with Crippen LogP contribution in [0.3, 0.4) is 0 Å². The molecule has 0 atom stereocenters. The highest BCUT2D eigenvalue weighted by Gasteiger charge is 2.08. The van der Waals surface area contributed by atoms with E-state index in [-0.39, 0.29) is 0 Å². The van der Waals surface area contributed by atoms with Gasteiger partial charge in [0.1, 0.15) is 11.5 Å². The van der Waals surface area contributed by atoms with Gasteiger partial charge in [0.25, 0.3) is 0 Å². The number of ether oxygens (including phenoxy) is 1. The SMILES string of the molecule is CC(C)NCc1ccncc1Oc1ccc(Cl)cc1Br. The number of halogens is 2. The number of benzene rings is 1. The molecule has 0 fully saturated rings. The van der Waals surface area contributed by atoms with Crippen LogP contribution in [0, 0.1) is 0 Å². The van der Waals surface area contributed by atoms with Gasteiger partial charge in [-0.25, -0.2) is 0 Å². The van der Waals surface area contributed by atoms with Gasteiger partial charge in [0.2, 0.25) is 0 Å². The number of nitrogens with zero attached hydrogens (tertiary/aromatic N) is 1. The first-order valence-corrected chi connectivity index (χ1v) is 7.52. The number of aromatic nitrogens is 1. The highest BCUT2D eigenvalue weighted by molar-refractivity contribution is 9.10. The number of hydrogen-bond donors (Lipinski definition) is 1. The lowest BCUT2D eigenvalue weighted by atomic mass is 10.2. The maximum absolute atomic E-state index is 5.93. The monoisotopic (exact) mass is 354 g/mol. The second-order valence-electron chi connectivity index (χ2n) is 4.70. The minimum atomic E-state index is 0.415. The largest absolute Gasteiger partial charge is 0.454 e. The number of hydrogen-bond acceptors (Lipinski definition) is 3. The molecular weight excluding hydrogens is 340 g/mol. The third-order valence-corrected chi connectivity index (χ3v) is 3.54. The summed E-state index contributed by atoms with van der Waals surface area (Å²) in [4.78, 5) is 4.12.